The van der Waals surface area contributed by atoms with Crippen LogP contribution in [0.15, 0.2) is 48.5 Å². The van der Waals surface area contributed by atoms with Gasteiger partial charge in [-0.1, -0.05) is 30.3 Å². The molecule has 4 rings (SSSR count). The Morgan fingerprint density at radius 1 is 1.25 bits per heavy atom. The van der Waals surface area contributed by atoms with Crippen LogP contribution in [-0.2, 0) is 15.1 Å². The van der Waals surface area contributed by atoms with E-state index in [0.717, 1.165) is 4.90 Å². The van der Waals surface area contributed by atoms with Crippen LogP contribution >= 0.6 is 0 Å². The van der Waals surface area contributed by atoms with Crippen molar-refractivity contribution in [2.75, 3.05) is 31.7 Å². The van der Waals surface area contributed by atoms with Crippen molar-refractivity contribution < 1.29 is 23.9 Å². The van der Waals surface area contributed by atoms with E-state index in [1.807, 2.05) is 6.07 Å². The number of benzene rings is 2. The molecule has 1 atom stereocenters. The summed E-state index contributed by atoms with van der Waals surface area (Å²) in [6, 6.07) is 15.3. The summed E-state index contributed by atoms with van der Waals surface area (Å²) in [6.07, 6.45) is 0.350. The number of urea groups is 1. The van der Waals surface area contributed by atoms with Crippen molar-refractivity contribution in [3.63, 3.8) is 0 Å². The second-order valence-corrected chi connectivity index (χ2v) is 7.45. The maximum Gasteiger partial charge on any atom is 0.325 e. The number of imide groups is 1. The van der Waals surface area contributed by atoms with Crippen molar-refractivity contribution >= 4 is 23.5 Å². The smallest absolute Gasteiger partial charge is 0.325 e. The Morgan fingerprint density at radius 3 is 2.78 bits per heavy atom. The highest BCUT2D eigenvalue weighted by Crippen LogP contribution is 2.41. The topological polar surface area (TPSA) is 112 Å². The minimum atomic E-state index is -1.26. The zero-order valence-electron chi connectivity index (χ0n) is 17.5. The first-order chi connectivity index (χ1) is 15.5. The van der Waals surface area contributed by atoms with Crippen LogP contribution < -0.4 is 19.7 Å². The summed E-state index contributed by atoms with van der Waals surface area (Å²) in [5.41, 5.74) is -0.215. The third-order valence-electron chi connectivity index (χ3n) is 5.67. The van der Waals surface area contributed by atoms with E-state index in [0.29, 0.717) is 22.7 Å². The number of anilines is 1. The van der Waals surface area contributed by atoms with Gasteiger partial charge < -0.3 is 19.7 Å². The summed E-state index contributed by atoms with van der Waals surface area (Å²) >= 11 is 0. The van der Waals surface area contributed by atoms with Gasteiger partial charge >= 0.3 is 6.03 Å². The molecule has 4 amide bonds. The fourth-order valence-corrected chi connectivity index (χ4v) is 4.13. The third-order valence-corrected chi connectivity index (χ3v) is 5.67. The van der Waals surface area contributed by atoms with Gasteiger partial charge in [-0.3, -0.25) is 14.5 Å². The lowest BCUT2D eigenvalue weighted by molar-refractivity contribution is -0.135. The second-order valence-electron chi connectivity index (χ2n) is 7.45. The Hall–Kier alpha value is -4.06. The number of methoxy groups -OCH3 is 1. The van der Waals surface area contributed by atoms with Crippen LogP contribution in [0, 0.1) is 11.3 Å². The number of carbonyl (C=O) groups excluding carboxylic acids is 3. The lowest BCUT2D eigenvalue weighted by Gasteiger charge is -2.33. The van der Waals surface area contributed by atoms with Crippen LogP contribution in [0.25, 0.3) is 0 Å². The predicted molar refractivity (Wildman–Crippen MR) is 114 cm³/mol. The molecule has 2 heterocycles. The molecule has 9 nitrogen and oxygen atoms in total. The number of rotatable bonds is 6. The highest BCUT2D eigenvalue weighted by molar-refractivity contribution is 6.11. The monoisotopic (exact) mass is 434 g/mol. The van der Waals surface area contributed by atoms with Crippen LogP contribution in [-0.4, -0.2) is 49.6 Å². The number of hydrogen-bond acceptors (Lipinski definition) is 6. The molecule has 32 heavy (non-hydrogen) atoms. The summed E-state index contributed by atoms with van der Waals surface area (Å²) < 4.78 is 11.0. The van der Waals surface area contributed by atoms with E-state index in [4.69, 9.17) is 14.7 Å². The molecule has 0 aliphatic carbocycles. The van der Waals surface area contributed by atoms with E-state index in [1.54, 1.807) is 48.5 Å². The molecule has 2 aromatic carbocycles. The number of amides is 4. The van der Waals surface area contributed by atoms with E-state index in [2.05, 4.69) is 5.32 Å². The first-order valence-corrected chi connectivity index (χ1v) is 10.2. The zero-order valence-corrected chi connectivity index (χ0v) is 17.5. The standard InChI is InChI=1S/C23H22N4O5/c1-31-19-10-5-3-8-17(19)26(13-6-12-24)20(28)15-27-21(29)23(25-22(27)30)11-14-32-18-9-4-2-7-16(18)23/h2-5,7-10H,6,11,13-15H2,1H3,(H,25,30)/t23-/m0/s1. The van der Waals surface area contributed by atoms with Crippen LogP contribution in [0.4, 0.5) is 10.5 Å². The van der Waals surface area contributed by atoms with Gasteiger partial charge in [-0.15, -0.1) is 0 Å². The Morgan fingerprint density at radius 2 is 2.00 bits per heavy atom. The Labute approximate surface area is 185 Å². The van der Waals surface area contributed by atoms with Crippen molar-refractivity contribution in [3.8, 4) is 17.6 Å². The number of hydrogen-bond donors (Lipinski definition) is 1. The van der Waals surface area contributed by atoms with Crippen molar-refractivity contribution in [1.29, 1.82) is 5.26 Å². The lowest BCUT2D eigenvalue weighted by Crippen LogP contribution is -2.48. The average molecular weight is 434 g/mol. The highest BCUT2D eigenvalue weighted by atomic mass is 16.5. The molecular weight excluding hydrogens is 412 g/mol. The SMILES string of the molecule is COc1ccccc1N(CCC#N)C(=O)CN1C(=O)N[C@]2(CCOc3ccccc32)C1=O. The van der Waals surface area contributed by atoms with Gasteiger partial charge in [0.15, 0.2) is 5.54 Å². The van der Waals surface area contributed by atoms with E-state index in [-0.39, 0.29) is 26.0 Å². The highest BCUT2D eigenvalue weighted by Gasteiger charge is 2.55. The van der Waals surface area contributed by atoms with Gasteiger partial charge in [-0.2, -0.15) is 5.26 Å². The van der Waals surface area contributed by atoms with Gasteiger partial charge in [-0.05, 0) is 18.2 Å². The van der Waals surface area contributed by atoms with Crippen molar-refractivity contribution in [2.45, 2.75) is 18.4 Å². The van der Waals surface area contributed by atoms with Gasteiger partial charge in [0.2, 0.25) is 5.91 Å². The molecule has 2 aliphatic heterocycles. The van der Waals surface area contributed by atoms with Crippen LogP contribution in [0.1, 0.15) is 18.4 Å². The minimum Gasteiger partial charge on any atom is -0.495 e. The molecule has 0 radical (unpaired) electrons. The van der Waals surface area contributed by atoms with E-state index in [1.165, 1.54) is 12.0 Å². The third kappa shape index (κ3) is 3.50. The first kappa shape index (κ1) is 21.2. The maximum absolute atomic E-state index is 13.4. The number of para-hydroxylation sites is 3. The Bertz CT molecular complexity index is 1110. The number of nitriles is 1. The van der Waals surface area contributed by atoms with E-state index < -0.39 is 29.9 Å². The fourth-order valence-electron chi connectivity index (χ4n) is 4.13. The fraction of sp³-hybridized carbons (Fsp3) is 0.304. The van der Waals surface area contributed by atoms with Crippen molar-refractivity contribution in [1.82, 2.24) is 10.2 Å². The molecule has 164 valence electrons. The molecule has 0 unspecified atom stereocenters. The minimum absolute atomic E-state index is 0.0819. The molecule has 1 fully saturated rings. The quantitative estimate of drug-likeness (QED) is 0.698. The van der Waals surface area contributed by atoms with E-state index in [9.17, 15) is 14.4 Å². The number of nitrogens with one attached hydrogen (secondary N) is 1. The van der Waals surface area contributed by atoms with Crippen LogP contribution in [0.3, 0.4) is 0 Å². The predicted octanol–water partition coefficient (Wildman–Crippen LogP) is 2.17. The Kier molecular flexibility index (Phi) is 5.69. The number of ether oxygens (including phenoxy) is 2. The van der Waals surface area contributed by atoms with Crippen molar-refractivity contribution in [2.24, 2.45) is 0 Å². The summed E-state index contributed by atoms with van der Waals surface area (Å²) in [5, 5.41) is 11.8. The molecule has 1 spiro atoms. The number of fused-ring (bicyclic) bond motifs is 2. The normalized spacial score (nSPS) is 19.1. The molecule has 2 aromatic rings. The molecular formula is C23H22N4O5. The van der Waals surface area contributed by atoms with Gasteiger partial charge in [0.05, 0.1) is 31.9 Å². The summed E-state index contributed by atoms with van der Waals surface area (Å²) in [6.45, 7) is -0.0968. The molecule has 0 saturated carbocycles. The van der Waals surface area contributed by atoms with Gasteiger partial charge in [-0.25, -0.2) is 4.79 Å². The molecule has 0 aromatic heterocycles. The summed E-state index contributed by atoms with van der Waals surface area (Å²) in [5.74, 6) is -0.00596. The second kappa shape index (κ2) is 8.59. The molecule has 1 N–H and O–H groups in total. The van der Waals surface area contributed by atoms with E-state index >= 15 is 0 Å². The largest absolute Gasteiger partial charge is 0.495 e. The molecule has 1 saturated heterocycles. The molecule has 9 heteroatoms. The summed E-state index contributed by atoms with van der Waals surface area (Å²) in [4.78, 5) is 41.8. The number of nitrogens with zero attached hydrogens (tertiary/aromatic N) is 3. The molecule has 0 bridgehead atoms. The van der Waals surface area contributed by atoms with Crippen LogP contribution in [0.2, 0.25) is 0 Å². The zero-order chi connectivity index (χ0) is 22.7. The van der Waals surface area contributed by atoms with Crippen LogP contribution in [0.5, 0.6) is 11.5 Å². The summed E-state index contributed by atoms with van der Waals surface area (Å²) in [7, 11) is 1.48. The number of carbonyl (C=O) groups is 3. The van der Waals surface area contributed by atoms with Gasteiger partial charge in [0, 0.05) is 18.5 Å². The van der Waals surface area contributed by atoms with Gasteiger partial charge in [0.25, 0.3) is 5.91 Å². The maximum atomic E-state index is 13.4. The first-order valence-electron chi connectivity index (χ1n) is 10.2. The molecule has 2 aliphatic rings. The lowest BCUT2D eigenvalue weighted by atomic mass is 9.84. The van der Waals surface area contributed by atoms with Gasteiger partial charge in [0.1, 0.15) is 18.0 Å². The van der Waals surface area contributed by atoms with Crippen molar-refractivity contribution in [3.05, 3.63) is 54.1 Å². The Balaban J connectivity index is 1.62. The average Bonchev–Trinajstić information content (AvgIpc) is 3.04.